The molecule has 1 aliphatic rings. The lowest BCUT2D eigenvalue weighted by Gasteiger charge is -2.29. The summed E-state index contributed by atoms with van der Waals surface area (Å²) in [7, 11) is 3.25. The predicted molar refractivity (Wildman–Crippen MR) is 181 cm³/mol. The van der Waals surface area contributed by atoms with E-state index < -0.39 is 35.8 Å². The van der Waals surface area contributed by atoms with Gasteiger partial charge in [0.2, 0.25) is 5.91 Å². The van der Waals surface area contributed by atoms with Crippen molar-refractivity contribution in [3.63, 3.8) is 0 Å². The molecule has 0 bridgehead atoms. The van der Waals surface area contributed by atoms with Crippen molar-refractivity contribution in [2.45, 2.75) is 42.8 Å². The molecule has 1 saturated heterocycles. The maximum Gasteiger partial charge on any atom is 0.330 e. The van der Waals surface area contributed by atoms with Gasteiger partial charge in [-0.05, 0) is 42.3 Å². The van der Waals surface area contributed by atoms with Crippen LogP contribution in [0.3, 0.4) is 0 Å². The molecule has 0 spiro atoms. The van der Waals surface area contributed by atoms with Crippen LogP contribution in [0.4, 0.5) is 5.69 Å². The van der Waals surface area contributed by atoms with E-state index in [9.17, 15) is 24.6 Å². The normalized spacial score (nSPS) is 19.2. The van der Waals surface area contributed by atoms with Gasteiger partial charge in [0.05, 0.1) is 33.5 Å². The van der Waals surface area contributed by atoms with E-state index in [1.165, 1.54) is 21.2 Å². The summed E-state index contributed by atoms with van der Waals surface area (Å²) in [6.07, 6.45) is -0.558. The third-order valence-corrected chi connectivity index (χ3v) is 9.68. The lowest BCUT2D eigenvalue weighted by atomic mass is 10.1. The number of thioether (sulfide) groups is 2. The van der Waals surface area contributed by atoms with E-state index in [0.717, 1.165) is 28.6 Å². The molecule has 4 rings (SSSR count). The van der Waals surface area contributed by atoms with E-state index in [1.54, 1.807) is 44.7 Å². The fraction of sp³-hybridized carbons (Fsp3) is 0.469. The first-order chi connectivity index (χ1) is 22.2. The lowest BCUT2D eigenvalue weighted by molar-refractivity contribution is -0.117. The second-order valence-corrected chi connectivity index (χ2v) is 13.2. The van der Waals surface area contributed by atoms with E-state index in [0.29, 0.717) is 18.1 Å². The van der Waals surface area contributed by atoms with E-state index in [2.05, 4.69) is 10.3 Å². The SMILES string of the molecule is COc1ccc(CSCCNCC(=O)N(CCSCc2ccc(OC)cc2)c2cn([C@@]3(C)C[C@H](O)[C@@H](CO)O3)c(=O)[nH]c2=O)cc1. The van der Waals surface area contributed by atoms with Crippen molar-refractivity contribution in [3.05, 3.63) is 86.7 Å². The molecule has 14 heteroatoms. The monoisotopic (exact) mass is 674 g/mol. The number of anilines is 1. The molecule has 1 fully saturated rings. The van der Waals surface area contributed by atoms with E-state index in [4.69, 9.17) is 14.2 Å². The summed E-state index contributed by atoms with van der Waals surface area (Å²) < 4.78 is 17.4. The Morgan fingerprint density at radius 2 is 1.63 bits per heavy atom. The predicted octanol–water partition coefficient (Wildman–Crippen LogP) is 2.16. The first-order valence-corrected chi connectivity index (χ1v) is 17.2. The second kappa shape index (κ2) is 17.0. The number of methoxy groups -OCH3 is 2. The number of amides is 1. The number of aromatic nitrogens is 2. The number of nitrogens with zero attached hydrogens (tertiary/aromatic N) is 2. The fourth-order valence-corrected chi connectivity index (χ4v) is 6.83. The number of hydrogen-bond donors (Lipinski definition) is 4. The van der Waals surface area contributed by atoms with Crippen LogP contribution in [0.2, 0.25) is 0 Å². The molecule has 1 amide bonds. The molecule has 0 radical (unpaired) electrons. The van der Waals surface area contributed by atoms with Gasteiger partial charge >= 0.3 is 5.69 Å². The highest BCUT2D eigenvalue weighted by Crippen LogP contribution is 2.34. The number of benzene rings is 2. The van der Waals surface area contributed by atoms with Gasteiger partial charge in [0.1, 0.15) is 29.0 Å². The Labute approximate surface area is 276 Å². The average molecular weight is 675 g/mol. The summed E-state index contributed by atoms with van der Waals surface area (Å²) in [6.45, 7) is 1.95. The molecular formula is C32H42N4O8S2. The highest BCUT2D eigenvalue weighted by Gasteiger charge is 2.44. The minimum atomic E-state index is -1.33. The molecule has 250 valence electrons. The Bertz CT molecular complexity index is 1530. The van der Waals surface area contributed by atoms with Crippen molar-refractivity contribution in [1.29, 1.82) is 0 Å². The van der Waals surface area contributed by atoms with Gasteiger partial charge in [0.15, 0.2) is 0 Å². The molecule has 2 aromatic carbocycles. The third-order valence-electron chi connectivity index (χ3n) is 7.64. The van der Waals surface area contributed by atoms with Gasteiger partial charge in [-0.3, -0.25) is 19.1 Å². The van der Waals surface area contributed by atoms with E-state index in [1.807, 2.05) is 48.5 Å². The summed E-state index contributed by atoms with van der Waals surface area (Å²) in [5, 5.41) is 23.1. The van der Waals surface area contributed by atoms with E-state index >= 15 is 0 Å². The topological polar surface area (TPSA) is 155 Å². The van der Waals surface area contributed by atoms with Crippen molar-refractivity contribution in [1.82, 2.24) is 14.9 Å². The number of aromatic amines is 1. The standard InChI is InChI=1S/C32H42N4O8S2/c1-32(16-27(38)28(19-37)44-32)36-18-26(30(40)34-31(36)41)35(13-15-46-21-23-6-10-25(43-3)11-7-23)29(39)17-33-12-14-45-20-22-4-8-24(42-2)9-5-22/h4-11,18,27-28,33,37-38H,12-17,19-21H2,1-3H3,(H,34,40,41)/t27-,28+,32+/m0/s1. The second-order valence-electron chi connectivity index (χ2n) is 11.0. The van der Waals surface area contributed by atoms with Crippen LogP contribution in [0, 0.1) is 0 Å². The van der Waals surface area contributed by atoms with Gasteiger partial charge in [0.25, 0.3) is 5.56 Å². The smallest absolute Gasteiger partial charge is 0.330 e. The summed E-state index contributed by atoms with van der Waals surface area (Å²) >= 11 is 3.33. The number of carbonyl (C=O) groups is 1. The van der Waals surface area contributed by atoms with Crippen LogP contribution in [0.1, 0.15) is 24.5 Å². The molecule has 46 heavy (non-hydrogen) atoms. The maximum absolute atomic E-state index is 13.6. The minimum absolute atomic E-state index is 0.00269. The van der Waals surface area contributed by atoms with Crippen LogP contribution in [-0.4, -0.2) is 89.8 Å². The van der Waals surface area contributed by atoms with Crippen molar-refractivity contribution in [2.24, 2.45) is 0 Å². The van der Waals surface area contributed by atoms with Crippen LogP contribution in [0.25, 0.3) is 0 Å². The van der Waals surface area contributed by atoms with Crippen LogP contribution in [0.5, 0.6) is 11.5 Å². The Kier molecular flexibility index (Phi) is 13.2. The Hall–Kier alpha value is -3.27. The van der Waals surface area contributed by atoms with E-state index in [-0.39, 0.29) is 31.1 Å². The van der Waals surface area contributed by atoms with Crippen molar-refractivity contribution >= 4 is 35.1 Å². The Balaban J connectivity index is 1.42. The quantitative estimate of drug-likeness (QED) is 0.156. The maximum atomic E-state index is 13.6. The summed E-state index contributed by atoms with van der Waals surface area (Å²) in [6, 6.07) is 15.6. The van der Waals surface area contributed by atoms with Crippen molar-refractivity contribution in [3.8, 4) is 11.5 Å². The molecule has 3 aromatic rings. The van der Waals surface area contributed by atoms with Gasteiger partial charge in [-0.2, -0.15) is 23.5 Å². The fourth-order valence-electron chi connectivity index (χ4n) is 5.08. The number of aliphatic hydroxyl groups excluding tert-OH is 2. The first kappa shape index (κ1) is 35.6. The number of aliphatic hydroxyl groups is 2. The largest absolute Gasteiger partial charge is 0.497 e. The molecule has 4 N–H and O–H groups in total. The Morgan fingerprint density at radius 3 is 2.17 bits per heavy atom. The summed E-state index contributed by atoms with van der Waals surface area (Å²) in [4.78, 5) is 43.3. The molecule has 2 heterocycles. The average Bonchev–Trinajstić information content (AvgIpc) is 3.37. The van der Waals surface area contributed by atoms with Gasteiger partial charge in [-0.1, -0.05) is 24.3 Å². The first-order valence-electron chi connectivity index (χ1n) is 14.9. The summed E-state index contributed by atoms with van der Waals surface area (Å²) in [5.74, 6) is 4.05. The number of rotatable bonds is 17. The minimum Gasteiger partial charge on any atom is -0.497 e. The molecule has 1 aromatic heterocycles. The van der Waals surface area contributed by atoms with Gasteiger partial charge < -0.3 is 34.6 Å². The zero-order valence-electron chi connectivity index (χ0n) is 26.3. The molecule has 0 saturated carbocycles. The van der Waals surface area contributed by atoms with Crippen LogP contribution in [-0.2, 0) is 26.8 Å². The van der Waals surface area contributed by atoms with Gasteiger partial charge in [-0.15, -0.1) is 0 Å². The zero-order chi connectivity index (χ0) is 33.1. The number of nitrogens with one attached hydrogen (secondary N) is 2. The molecule has 12 nitrogen and oxygen atoms in total. The number of carbonyl (C=O) groups excluding carboxylic acids is 1. The van der Waals surface area contributed by atoms with Crippen LogP contribution in [0.15, 0.2) is 64.3 Å². The lowest BCUT2D eigenvalue weighted by Crippen LogP contribution is -2.47. The number of ether oxygens (including phenoxy) is 3. The molecule has 3 atom stereocenters. The van der Waals surface area contributed by atoms with Crippen molar-refractivity contribution < 1.29 is 29.2 Å². The summed E-state index contributed by atoms with van der Waals surface area (Å²) in [5.41, 5.74) is -0.516. The number of hydrogen-bond acceptors (Lipinski definition) is 11. The van der Waals surface area contributed by atoms with Gasteiger partial charge in [0, 0.05) is 48.7 Å². The van der Waals surface area contributed by atoms with Crippen LogP contribution >= 0.6 is 23.5 Å². The molecule has 0 unspecified atom stereocenters. The third kappa shape index (κ3) is 9.39. The highest BCUT2D eigenvalue weighted by molar-refractivity contribution is 7.98. The molecular weight excluding hydrogens is 633 g/mol. The zero-order valence-corrected chi connectivity index (χ0v) is 27.9. The molecule has 0 aliphatic carbocycles. The highest BCUT2D eigenvalue weighted by atomic mass is 32.2. The number of H-pyrrole nitrogens is 1. The van der Waals surface area contributed by atoms with Gasteiger partial charge in [-0.25, -0.2) is 4.79 Å². The molecule has 1 aliphatic heterocycles. The Morgan fingerprint density at radius 1 is 1.04 bits per heavy atom. The van der Waals surface area contributed by atoms with Crippen molar-refractivity contribution in [2.75, 3.05) is 56.9 Å². The van der Waals surface area contributed by atoms with Crippen LogP contribution < -0.4 is 30.9 Å².